The van der Waals surface area contributed by atoms with Gasteiger partial charge >= 0.3 is 12.2 Å². The largest absolute Gasteiger partial charge is 0.496 e. The molecule has 0 radical (unpaired) electrons. The monoisotopic (exact) mass is 585 g/mol. The number of urea groups is 1. The minimum absolute atomic E-state index is 0.0810. The van der Waals surface area contributed by atoms with Gasteiger partial charge in [0.1, 0.15) is 23.7 Å². The molecule has 4 atom stereocenters. The van der Waals surface area contributed by atoms with E-state index in [0.29, 0.717) is 30.2 Å². The van der Waals surface area contributed by atoms with E-state index >= 15 is 0 Å². The Hall–Kier alpha value is -4.29. The van der Waals surface area contributed by atoms with Crippen LogP contribution in [0.1, 0.15) is 35.4 Å². The number of alkyl halides is 3. The van der Waals surface area contributed by atoms with Crippen molar-refractivity contribution in [2.75, 3.05) is 24.4 Å². The second-order valence-electron chi connectivity index (χ2n) is 10.1. The van der Waals surface area contributed by atoms with Crippen molar-refractivity contribution < 1.29 is 42.1 Å². The van der Waals surface area contributed by atoms with Gasteiger partial charge in [-0.25, -0.2) is 4.79 Å². The summed E-state index contributed by atoms with van der Waals surface area (Å²) in [4.78, 5) is 25.3. The predicted molar refractivity (Wildman–Crippen MR) is 148 cm³/mol. The Kier molecular flexibility index (Phi) is 8.55. The van der Waals surface area contributed by atoms with Gasteiger partial charge in [-0.2, -0.15) is 13.2 Å². The lowest BCUT2D eigenvalue weighted by molar-refractivity contribution is -0.142. The van der Waals surface area contributed by atoms with Gasteiger partial charge in [-0.1, -0.05) is 18.2 Å². The van der Waals surface area contributed by atoms with Gasteiger partial charge in [0.15, 0.2) is 0 Å². The summed E-state index contributed by atoms with van der Waals surface area (Å²) in [7, 11) is 1.57. The fraction of sp³-hybridized carbons (Fsp3) is 0.333. The zero-order valence-corrected chi connectivity index (χ0v) is 22.6. The number of amides is 3. The lowest BCUT2D eigenvalue weighted by atomic mass is 9.84. The molecule has 0 aromatic heterocycles. The number of carbonyl (C=O) groups is 2. The van der Waals surface area contributed by atoms with Crippen LogP contribution in [0.5, 0.6) is 11.5 Å². The van der Waals surface area contributed by atoms with Gasteiger partial charge < -0.3 is 35.3 Å². The second-order valence-corrected chi connectivity index (χ2v) is 10.1. The molecular weight excluding hydrogens is 555 g/mol. The topological polar surface area (TPSA) is 118 Å². The quantitative estimate of drug-likeness (QED) is 0.294. The Labute approximate surface area is 240 Å². The Morgan fingerprint density at radius 1 is 1.02 bits per heavy atom. The number of nitrogens with one attached hydrogen (secondary N) is 3. The number of aliphatic hydroxyl groups is 1. The number of carbonyl (C=O) groups excluding carboxylic acids is 2. The van der Waals surface area contributed by atoms with Crippen molar-refractivity contribution in [1.82, 2.24) is 5.32 Å². The average molecular weight is 586 g/mol. The number of aliphatic hydroxyl groups excluding tert-OH is 1. The van der Waals surface area contributed by atoms with E-state index in [1.54, 1.807) is 25.3 Å². The Bertz CT molecular complexity index is 1430. The van der Waals surface area contributed by atoms with Crippen molar-refractivity contribution in [1.29, 1.82) is 0 Å². The molecule has 0 spiro atoms. The molecule has 2 heterocycles. The molecule has 2 aliphatic heterocycles. The van der Waals surface area contributed by atoms with Gasteiger partial charge in [-0.05, 0) is 55.0 Å². The van der Waals surface area contributed by atoms with Gasteiger partial charge in [0.25, 0.3) is 0 Å². The highest BCUT2D eigenvalue weighted by molar-refractivity contribution is 5.99. The van der Waals surface area contributed by atoms with E-state index in [9.17, 15) is 27.9 Å². The molecule has 0 bridgehead atoms. The molecule has 0 saturated carbocycles. The number of anilines is 2. The molecule has 4 N–H and O–H groups in total. The summed E-state index contributed by atoms with van der Waals surface area (Å²) < 4.78 is 55.8. The van der Waals surface area contributed by atoms with Crippen LogP contribution in [0.3, 0.4) is 0 Å². The summed E-state index contributed by atoms with van der Waals surface area (Å²) in [6.07, 6.45) is -5.52. The molecule has 222 valence electrons. The van der Waals surface area contributed by atoms with Crippen LogP contribution in [0.15, 0.2) is 66.7 Å². The third-order valence-corrected chi connectivity index (χ3v) is 7.31. The molecule has 3 aromatic carbocycles. The van der Waals surface area contributed by atoms with Crippen molar-refractivity contribution >= 4 is 23.3 Å². The maximum Gasteiger partial charge on any atom is 0.416 e. The number of methoxy groups -OCH3 is 1. The maximum absolute atomic E-state index is 12.8. The third kappa shape index (κ3) is 6.60. The highest BCUT2D eigenvalue weighted by Gasteiger charge is 2.46. The zero-order chi connectivity index (χ0) is 29.9. The minimum Gasteiger partial charge on any atom is -0.496 e. The molecule has 42 heavy (non-hydrogen) atoms. The van der Waals surface area contributed by atoms with Crippen LogP contribution in [-0.4, -0.2) is 49.1 Å². The van der Waals surface area contributed by atoms with E-state index in [4.69, 9.17) is 14.2 Å². The van der Waals surface area contributed by atoms with E-state index < -0.39 is 36.1 Å². The molecule has 3 amide bonds. The lowest BCUT2D eigenvalue weighted by Gasteiger charge is -2.37. The minimum atomic E-state index is -4.47. The van der Waals surface area contributed by atoms with Gasteiger partial charge in [-0.3, -0.25) is 4.79 Å². The Morgan fingerprint density at radius 2 is 1.74 bits per heavy atom. The predicted octanol–water partition coefficient (Wildman–Crippen LogP) is 5.06. The third-order valence-electron chi connectivity index (χ3n) is 7.31. The molecule has 12 heteroatoms. The highest BCUT2D eigenvalue weighted by Crippen LogP contribution is 2.47. The van der Waals surface area contributed by atoms with Crippen LogP contribution in [0, 0.1) is 0 Å². The summed E-state index contributed by atoms with van der Waals surface area (Å²) >= 11 is 0. The van der Waals surface area contributed by atoms with E-state index in [-0.39, 0.29) is 30.5 Å². The first-order valence-corrected chi connectivity index (χ1v) is 13.4. The number of hydrogen-bond acceptors (Lipinski definition) is 6. The number of para-hydroxylation sites is 1. The molecule has 1 saturated heterocycles. The summed E-state index contributed by atoms with van der Waals surface area (Å²) in [5.41, 5.74) is 1.47. The first kappa shape index (κ1) is 29.2. The smallest absolute Gasteiger partial charge is 0.416 e. The van der Waals surface area contributed by atoms with E-state index in [0.717, 1.165) is 23.3 Å². The number of ether oxygens (including phenoxy) is 3. The van der Waals surface area contributed by atoms with E-state index in [1.807, 2.05) is 24.3 Å². The number of halogens is 3. The fourth-order valence-corrected chi connectivity index (χ4v) is 5.32. The number of hydrogen-bond donors (Lipinski definition) is 4. The van der Waals surface area contributed by atoms with Gasteiger partial charge in [0.2, 0.25) is 5.91 Å². The SMILES string of the molecule is COc1ccccc1CNC(=O)C[C@H]1C[C@@H]2c3cc(NC(=O)Nc4ccc(C(F)(F)F)cc4)ccc3O[C@@H]2[C@@H](CO)O1. The normalized spacial score (nSPS) is 21.0. The van der Waals surface area contributed by atoms with Gasteiger partial charge in [0, 0.05) is 35.0 Å². The summed E-state index contributed by atoms with van der Waals surface area (Å²) in [5, 5.41) is 18.1. The van der Waals surface area contributed by atoms with Gasteiger partial charge in [-0.15, -0.1) is 0 Å². The van der Waals surface area contributed by atoms with Crippen molar-refractivity contribution in [3.05, 3.63) is 83.4 Å². The number of benzene rings is 3. The molecule has 0 aliphatic carbocycles. The van der Waals surface area contributed by atoms with Crippen molar-refractivity contribution in [3.8, 4) is 11.5 Å². The first-order valence-electron chi connectivity index (χ1n) is 13.4. The molecular formula is C30H30F3N3O6. The summed E-state index contributed by atoms with van der Waals surface area (Å²) in [6, 6.07) is 16.0. The van der Waals surface area contributed by atoms with Crippen LogP contribution < -0.4 is 25.4 Å². The molecule has 1 fully saturated rings. The lowest BCUT2D eigenvalue weighted by Crippen LogP contribution is -2.47. The molecule has 2 aliphatic rings. The van der Waals surface area contributed by atoms with Gasteiger partial charge in [0.05, 0.1) is 31.8 Å². The van der Waals surface area contributed by atoms with E-state index in [2.05, 4.69) is 16.0 Å². The van der Waals surface area contributed by atoms with Crippen LogP contribution in [0.25, 0.3) is 0 Å². The Morgan fingerprint density at radius 3 is 2.45 bits per heavy atom. The van der Waals surface area contributed by atoms with Crippen molar-refractivity contribution in [3.63, 3.8) is 0 Å². The van der Waals surface area contributed by atoms with Crippen molar-refractivity contribution in [2.24, 2.45) is 0 Å². The van der Waals surface area contributed by atoms with Crippen molar-refractivity contribution in [2.45, 2.75) is 49.8 Å². The van der Waals surface area contributed by atoms with Crippen LogP contribution in [0.2, 0.25) is 0 Å². The molecule has 5 rings (SSSR count). The summed E-state index contributed by atoms with van der Waals surface area (Å²) in [6.45, 7) is -0.00428. The van der Waals surface area contributed by atoms with E-state index in [1.165, 1.54) is 12.1 Å². The number of rotatable bonds is 8. The van der Waals surface area contributed by atoms with Crippen LogP contribution in [-0.2, 0) is 22.3 Å². The Balaban J connectivity index is 1.22. The maximum atomic E-state index is 12.8. The zero-order valence-electron chi connectivity index (χ0n) is 22.6. The average Bonchev–Trinajstić information content (AvgIpc) is 3.33. The van der Waals surface area contributed by atoms with Crippen LogP contribution >= 0.6 is 0 Å². The van der Waals surface area contributed by atoms with Crippen LogP contribution in [0.4, 0.5) is 29.3 Å². The molecule has 9 nitrogen and oxygen atoms in total. The molecule has 0 unspecified atom stereocenters. The second kappa shape index (κ2) is 12.3. The molecule has 3 aromatic rings. The standard InChI is InChI=1S/C30H30F3N3O6/c1-40-24-5-3-2-4-17(24)15-34-27(38)14-21-13-23-22-12-20(10-11-25(22)42-28(23)26(16-37)41-21)36-29(39)35-19-8-6-18(7-9-19)30(31,32)33/h2-12,21,23,26,28,37H,13-16H2,1H3,(H,34,38)(H2,35,36,39)/t21-,23-,26-,28+/m1/s1. The fourth-order valence-electron chi connectivity index (χ4n) is 5.32. The first-order chi connectivity index (χ1) is 20.1. The summed E-state index contributed by atoms with van der Waals surface area (Å²) in [5.74, 6) is 0.849. The highest BCUT2D eigenvalue weighted by atomic mass is 19.4. The number of fused-ring (bicyclic) bond motifs is 3.